The number of benzene rings is 2. The first-order valence-electron chi connectivity index (χ1n) is 8.28. The molecule has 1 amide bonds. The van der Waals surface area contributed by atoms with Crippen molar-refractivity contribution < 1.29 is 31.9 Å². The minimum atomic E-state index is -4.48. The van der Waals surface area contributed by atoms with Crippen LogP contribution in [0.4, 0.5) is 17.6 Å². The molecule has 0 unspecified atom stereocenters. The highest BCUT2D eigenvalue weighted by Gasteiger charge is 2.30. The van der Waals surface area contributed by atoms with Crippen molar-refractivity contribution in [2.75, 3.05) is 13.2 Å². The van der Waals surface area contributed by atoms with E-state index in [2.05, 4.69) is 5.32 Å². The highest BCUT2D eigenvalue weighted by Crippen LogP contribution is 2.29. The summed E-state index contributed by atoms with van der Waals surface area (Å²) in [6, 6.07) is 10.6. The van der Waals surface area contributed by atoms with Gasteiger partial charge in [0.25, 0.3) is 5.91 Å². The van der Waals surface area contributed by atoms with Gasteiger partial charge in [0.05, 0.1) is 5.56 Å². The van der Waals surface area contributed by atoms with Crippen LogP contribution in [0.25, 0.3) is 6.08 Å². The molecule has 0 aromatic heterocycles. The van der Waals surface area contributed by atoms with E-state index >= 15 is 0 Å². The SMILES string of the molecule is O=C(COC(=O)/C=C/c1cccc(C(F)(F)F)c1)NCCc1ccccc1F. The van der Waals surface area contributed by atoms with Crippen LogP contribution >= 0.6 is 0 Å². The van der Waals surface area contributed by atoms with Crippen LogP contribution in [-0.4, -0.2) is 25.0 Å². The van der Waals surface area contributed by atoms with E-state index in [0.29, 0.717) is 5.56 Å². The van der Waals surface area contributed by atoms with Crippen LogP contribution in [0.1, 0.15) is 16.7 Å². The lowest BCUT2D eigenvalue weighted by molar-refractivity contribution is -0.143. The van der Waals surface area contributed by atoms with E-state index in [1.54, 1.807) is 18.2 Å². The summed E-state index contributed by atoms with van der Waals surface area (Å²) in [5.41, 5.74) is -0.220. The summed E-state index contributed by atoms with van der Waals surface area (Å²) >= 11 is 0. The molecule has 8 heteroatoms. The van der Waals surface area contributed by atoms with Crippen LogP contribution in [0.3, 0.4) is 0 Å². The normalized spacial score (nSPS) is 11.4. The molecule has 0 fully saturated rings. The Morgan fingerprint density at radius 1 is 1.07 bits per heavy atom. The van der Waals surface area contributed by atoms with Crippen LogP contribution in [0.15, 0.2) is 54.6 Å². The number of amides is 1. The van der Waals surface area contributed by atoms with E-state index in [4.69, 9.17) is 4.74 Å². The molecule has 0 spiro atoms. The highest BCUT2D eigenvalue weighted by atomic mass is 19.4. The zero-order chi connectivity index (χ0) is 20.6. The largest absolute Gasteiger partial charge is 0.452 e. The van der Waals surface area contributed by atoms with Crippen molar-refractivity contribution in [1.82, 2.24) is 5.32 Å². The number of halogens is 4. The fraction of sp³-hybridized carbons (Fsp3) is 0.200. The van der Waals surface area contributed by atoms with Gasteiger partial charge in [-0.25, -0.2) is 9.18 Å². The zero-order valence-electron chi connectivity index (χ0n) is 14.6. The first-order chi connectivity index (χ1) is 13.3. The molecule has 148 valence electrons. The highest BCUT2D eigenvalue weighted by molar-refractivity contribution is 5.89. The van der Waals surface area contributed by atoms with Crippen molar-refractivity contribution in [2.45, 2.75) is 12.6 Å². The summed E-state index contributed by atoms with van der Waals surface area (Å²) in [5.74, 6) is -1.82. The number of alkyl halides is 3. The quantitative estimate of drug-likeness (QED) is 0.441. The maximum Gasteiger partial charge on any atom is 0.416 e. The van der Waals surface area contributed by atoms with E-state index in [0.717, 1.165) is 24.3 Å². The first kappa shape index (κ1) is 21.1. The molecular formula is C20H17F4NO3. The molecule has 1 N–H and O–H groups in total. The number of hydrogen-bond acceptors (Lipinski definition) is 3. The molecule has 2 rings (SSSR count). The topological polar surface area (TPSA) is 55.4 Å². The van der Waals surface area contributed by atoms with Gasteiger partial charge < -0.3 is 10.1 Å². The fourth-order valence-corrected chi connectivity index (χ4v) is 2.26. The van der Waals surface area contributed by atoms with Gasteiger partial charge in [-0.1, -0.05) is 30.3 Å². The maximum absolute atomic E-state index is 13.4. The second-order valence-corrected chi connectivity index (χ2v) is 5.76. The van der Waals surface area contributed by atoms with Gasteiger partial charge in [0, 0.05) is 12.6 Å². The van der Waals surface area contributed by atoms with Crippen molar-refractivity contribution in [2.24, 2.45) is 0 Å². The molecule has 0 heterocycles. The third-order valence-electron chi connectivity index (χ3n) is 3.65. The summed E-state index contributed by atoms with van der Waals surface area (Å²) in [7, 11) is 0. The third-order valence-corrected chi connectivity index (χ3v) is 3.65. The Kier molecular flexibility index (Phi) is 7.31. The van der Waals surface area contributed by atoms with E-state index < -0.39 is 30.2 Å². The molecule has 0 radical (unpaired) electrons. The van der Waals surface area contributed by atoms with E-state index in [-0.39, 0.29) is 24.3 Å². The molecule has 2 aromatic carbocycles. The summed E-state index contributed by atoms with van der Waals surface area (Å²) < 4.78 is 56.0. The lowest BCUT2D eigenvalue weighted by Gasteiger charge is -2.07. The predicted molar refractivity (Wildman–Crippen MR) is 94.6 cm³/mol. The summed E-state index contributed by atoms with van der Waals surface area (Å²) in [4.78, 5) is 23.2. The van der Waals surface area contributed by atoms with Gasteiger partial charge in [-0.05, 0) is 41.8 Å². The van der Waals surface area contributed by atoms with E-state index in [1.165, 1.54) is 18.2 Å². The molecule has 0 bridgehead atoms. The number of hydrogen-bond donors (Lipinski definition) is 1. The zero-order valence-corrected chi connectivity index (χ0v) is 14.6. The van der Waals surface area contributed by atoms with Crippen LogP contribution in [0.5, 0.6) is 0 Å². The van der Waals surface area contributed by atoms with Gasteiger partial charge in [-0.2, -0.15) is 13.2 Å². The summed E-state index contributed by atoms with van der Waals surface area (Å²) in [6.07, 6.45) is -2.11. The van der Waals surface area contributed by atoms with Crippen molar-refractivity contribution in [3.05, 3.63) is 77.1 Å². The van der Waals surface area contributed by atoms with Crippen molar-refractivity contribution in [1.29, 1.82) is 0 Å². The standard InChI is InChI=1S/C20H17F4NO3/c21-17-7-2-1-5-15(17)10-11-25-18(26)13-28-19(27)9-8-14-4-3-6-16(12-14)20(22,23)24/h1-9,12H,10-11,13H2,(H,25,26)/b9-8+. The molecular weight excluding hydrogens is 378 g/mol. The molecule has 0 saturated heterocycles. The number of nitrogens with one attached hydrogen (secondary N) is 1. The lowest BCUT2D eigenvalue weighted by atomic mass is 10.1. The van der Waals surface area contributed by atoms with E-state index in [9.17, 15) is 27.2 Å². The number of rotatable bonds is 7. The predicted octanol–water partition coefficient (Wildman–Crippen LogP) is 3.76. The van der Waals surface area contributed by atoms with Crippen molar-refractivity contribution >= 4 is 18.0 Å². The molecule has 28 heavy (non-hydrogen) atoms. The van der Waals surface area contributed by atoms with Gasteiger partial charge in [-0.3, -0.25) is 4.79 Å². The second-order valence-electron chi connectivity index (χ2n) is 5.76. The Morgan fingerprint density at radius 2 is 1.82 bits per heavy atom. The lowest BCUT2D eigenvalue weighted by Crippen LogP contribution is -2.30. The molecule has 0 atom stereocenters. The summed E-state index contributed by atoms with van der Waals surface area (Å²) in [5, 5.41) is 2.48. The Bertz CT molecular complexity index is 863. The average molecular weight is 395 g/mol. The van der Waals surface area contributed by atoms with Crippen molar-refractivity contribution in [3.63, 3.8) is 0 Å². The Hall–Kier alpha value is -3.16. The minimum absolute atomic E-state index is 0.164. The Balaban J connectivity index is 1.75. The number of ether oxygens (including phenoxy) is 1. The molecule has 4 nitrogen and oxygen atoms in total. The van der Waals surface area contributed by atoms with Gasteiger partial charge in [-0.15, -0.1) is 0 Å². The smallest absolute Gasteiger partial charge is 0.416 e. The van der Waals surface area contributed by atoms with Gasteiger partial charge in [0.2, 0.25) is 0 Å². The Morgan fingerprint density at radius 3 is 2.54 bits per heavy atom. The second kappa shape index (κ2) is 9.68. The molecule has 0 aliphatic rings. The fourth-order valence-electron chi connectivity index (χ4n) is 2.26. The van der Waals surface area contributed by atoms with Crippen LogP contribution < -0.4 is 5.32 Å². The van der Waals surface area contributed by atoms with Gasteiger partial charge >= 0.3 is 12.1 Å². The molecule has 2 aromatic rings. The first-order valence-corrected chi connectivity index (χ1v) is 8.28. The average Bonchev–Trinajstić information content (AvgIpc) is 2.66. The minimum Gasteiger partial charge on any atom is -0.452 e. The third kappa shape index (κ3) is 6.86. The number of esters is 1. The molecule has 0 aliphatic carbocycles. The van der Waals surface area contributed by atoms with Crippen molar-refractivity contribution in [3.8, 4) is 0 Å². The van der Waals surface area contributed by atoms with Crippen LogP contribution in [-0.2, 0) is 26.9 Å². The van der Waals surface area contributed by atoms with Gasteiger partial charge in [0.15, 0.2) is 6.61 Å². The summed E-state index contributed by atoms with van der Waals surface area (Å²) in [6.45, 7) is -0.388. The van der Waals surface area contributed by atoms with Crippen LogP contribution in [0, 0.1) is 5.82 Å². The maximum atomic E-state index is 13.4. The molecule has 0 saturated carbocycles. The Labute approximate surface area is 158 Å². The van der Waals surface area contributed by atoms with E-state index in [1.807, 2.05) is 0 Å². The van der Waals surface area contributed by atoms with Gasteiger partial charge in [0.1, 0.15) is 5.82 Å². The van der Waals surface area contributed by atoms with Crippen LogP contribution in [0.2, 0.25) is 0 Å². The molecule has 0 aliphatic heterocycles. The number of carbonyl (C=O) groups excluding carboxylic acids is 2. The monoisotopic (exact) mass is 395 g/mol. The number of carbonyl (C=O) groups is 2.